The Balaban J connectivity index is 1.29. The second-order valence-electron chi connectivity index (χ2n) is 6.21. The van der Waals surface area contributed by atoms with Crippen LogP contribution < -0.4 is 0 Å². The lowest BCUT2D eigenvalue weighted by atomic mass is 10.1. The van der Waals surface area contributed by atoms with Crippen LogP contribution in [0.3, 0.4) is 0 Å². The molecule has 7 nitrogen and oxygen atoms in total. The van der Waals surface area contributed by atoms with Gasteiger partial charge in [-0.1, -0.05) is 35.5 Å². The monoisotopic (exact) mass is 413 g/mol. The minimum atomic E-state index is -0.208. The number of hydrogen-bond donors (Lipinski definition) is 0. The molecule has 0 aliphatic carbocycles. The number of rotatable bonds is 7. The standard InChI is InChI=1S/C19H16ClN5O2S/c20-13-7-9-14(10-8-13)25-19(21-22-23-25)28-12-4-3-11-24-17(26)15-5-1-2-6-16(15)18(24)27/h1-2,5-10H,3-4,11-12H2. The lowest BCUT2D eigenvalue weighted by Gasteiger charge is -2.13. The van der Waals surface area contributed by atoms with Gasteiger partial charge in [0.25, 0.3) is 11.8 Å². The summed E-state index contributed by atoms with van der Waals surface area (Å²) in [7, 11) is 0. The van der Waals surface area contributed by atoms with E-state index in [1.165, 1.54) is 16.7 Å². The van der Waals surface area contributed by atoms with Crippen LogP contribution >= 0.6 is 23.4 Å². The molecule has 0 unspecified atom stereocenters. The van der Waals surface area contributed by atoms with Crippen LogP contribution in [0.1, 0.15) is 33.6 Å². The summed E-state index contributed by atoms with van der Waals surface area (Å²) >= 11 is 7.45. The summed E-state index contributed by atoms with van der Waals surface area (Å²) in [5.74, 6) is 0.358. The van der Waals surface area contributed by atoms with Crippen molar-refractivity contribution in [1.82, 2.24) is 25.1 Å². The fourth-order valence-electron chi connectivity index (χ4n) is 2.99. The Morgan fingerprint density at radius 2 is 1.61 bits per heavy atom. The normalized spacial score (nSPS) is 13.2. The summed E-state index contributed by atoms with van der Waals surface area (Å²) in [6.45, 7) is 0.412. The van der Waals surface area contributed by atoms with Gasteiger partial charge >= 0.3 is 0 Å². The zero-order chi connectivity index (χ0) is 19.5. The number of fused-ring (bicyclic) bond motifs is 1. The van der Waals surface area contributed by atoms with E-state index < -0.39 is 0 Å². The average molecular weight is 414 g/mol. The molecule has 4 rings (SSSR count). The number of tetrazole rings is 1. The predicted molar refractivity (Wildman–Crippen MR) is 106 cm³/mol. The van der Waals surface area contributed by atoms with Gasteiger partial charge in [0.05, 0.1) is 16.8 Å². The summed E-state index contributed by atoms with van der Waals surface area (Å²) in [6.07, 6.45) is 1.55. The number of halogens is 1. The van der Waals surface area contributed by atoms with Crippen LogP contribution in [-0.2, 0) is 0 Å². The van der Waals surface area contributed by atoms with Crippen LogP contribution in [0.4, 0.5) is 0 Å². The number of imide groups is 1. The first-order chi connectivity index (χ1) is 13.6. The maximum atomic E-state index is 12.3. The second kappa shape index (κ2) is 8.12. The maximum Gasteiger partial charge on any atom is 0.261 e. The molecule has 0 atom stereocenters. The van der Waals surface area contributed by atoms with E-state index in [2.05, 4.69) is 15.5 Å². The molecule has 2 aromatic carbocycles. The van der Waals surface area contributed by atoms with E-state index in [4.69, 9.17) is 11.6 Å². The quantitative estimate of drug-likeness (QED) is 0.335. The summed E-state index contributed by atoms with van der Waals surface area (Å²) < 4.78 is 1.66. The SMILES string of the molecule is O=C1c2ccccc2C(=O)N1CCCCSc1nnnn1-c1ccc(Cl)cc1. The molecule has 1 aliphatic heterocycles. The Morgan fingerprint density at radius 3 is 2.29 bits per heavy atom. The van der Waals surface area contributed by atoms with E-state index in [1.54, 1.807) is 41.1 Å². The lowest BCUT2D eigenvalue weighted by molar-refractivity contribution is 0.0652. The fraction of sp³-hybridized carbons (Fsp3) is 0.211. The number of aromatic nitrogens is 4. The summed E-state index contributed by atoms with van der Waals surface area (Å²) in [5.41, 5.74) is 1.82. The van der Waals surface area contributed by atoms with Crippen molar-refractivity contribution in [1.29, 1.82) is 0 Å². The number of thioether (sulfide) groups is 1. The van der Waals surface area contributed by atoms with Gasteiger partial charge < -0.3 is 0 Å². The Labute approximate surface area is 170 Å². The van der Waals surface area contributed by atoms with Crippen LogP contribution in [0.25, 0.3) is 5.69 Å². The Bertz CT molecular complexity index is 986. The van der Waals surface area contributed by atoms with Crippen molar-refractivity contribution in [2.45, 2.75) is 18.0 Å². The summed E-state index contributed by atoms with van der Waals surface area (Å²) in [5, 5.41) is 13.1. The van der Waals surface area contributed by atoms with E-state index in [0.29, 0.717) is 27.9 Å². The first-order valence-corrected chi connectivity index (χ1v) is 10.1. The molecule has 1 aromatic heterocycles. The van der Waals surface area contributed by atoms with Gasteiger partial charge in [0, 0.05) is 17.3 Å². The van der Waals surface area contributed by atoms with Crippen molar-refractivity contribution in [2.75, 3.05) is 12.3 Å². The number of benzene rings is 2. The highest BCUT2D eigenvalue weighted by molar-refractivity contribution is 7.99. The molecule has 0 spiro atoms. The van der Waals surface area contributed by atoms with Gasteiger partial charge in [-0.25, -0.2) is 0 Å². The highest BCUT2D eigenvalue weighted by Gasteiger charge is 2.34. The summed E-state index contributed by atoms with van der Waals surface area (Å²) in [6, 6.07) is 14.2. The number of hydrogen-bond acceptors (Lipinski definition) is 6. The van der Waals surface area contributed by atoms with Crippen LogP contribution in [0, 0.1) is 0 Å². The molecular formula is C19H16ClN5O2S. The average Bonchev–Trinajstić information content (AvgIpc) is 3.27. The van der Waals surface area contributed by atoms with Gasteiger partial charge in [0.15, 0.2) is 0 Å². The van der Waals surface area contributed by atoms with Crippen LogP contribution in [-0.4, -0.2) is 49.2 Å². The first-order valence-electron chi connectivity index (χ1n) is 8.77. The van der Waals surface area contributed by atoms with Gasteiger partial charge in [0.2, 0.25) is 5.16 Å². The third-order valence-electron chi connectivity index (χ3n) is 4.40. The van der Waals surface area contributed by atoms with Crippen LogP contribution in [0.15, 0.2) is 53.7 Å². The molecule has 0 saturated heterocycles. The van der Waals surface area contributed by atoms with E-state index in [0.717, 1.165) is 24.3 Å². The topological polar surface area (TPSA) is 81.0 Å². The number of carbonyl (C=O) groups excluding carboxylic acids is 2. The maximum absolute atomic E-state index is 12.3. The summed E-state index contributed by atoms with van der Waals surface area (Å²) in [4.78, 5) is 26.0. The molecule has 0 N–H and O–H groups in total. The van der Waals surface area contributed by atoms with Crippen LogP contribution in [0.2, 0.25) is 5.02 Å². The van der Waals surface area contributed by atoms with Gasteiger partial charge in [0.1, 0.15) is 0 Å². The minimum Gasteiger partial charge on any atom is -0.274 e. The number of amides is 2. The number of unbranched alkanes of at least 4 members (excludes halogenated alkanes) is 1. The largest absolute Gasteiger partial charge is 0.274 e. The number of carbonyl (C=O) groups is 2. The molecule has 0 fully saturated rings. The Morgan fingerprint density at radius 1 is 0.929 bits per heavy atom. The third-order valence-corrected chi connectivity index (χ3v) is 5.66. The van der Waals surface area contributed by atoms with Crippen LogP contribution in [0.5, 0.6) is 0 Å². The van der Waals surface area contributed by atoms with Crippen molar-refractivity contribution < 1.29 is 9.59 Å². The molecule has 2 heterocycles. The molecule has 142 valence electrons. The predicted octanol–water partition coefficient (Wildman–Crippen LogP) is 3.48. The van der Waals surface area contributed by atoms with Crippen molar-refractivity contribution >= 4 is 35.2 Å². The molecule has 0 bridgehead atoms. The lowest BCUT2D eigenvalue weighted by Crippen LogP contribution is -2.30. The zero-order valence-corrected chi connectivity index (χ0v) is 16.4. The van der Waals surface area contributed by atoms with Gasteiger partial charge in [-0.3, -0.25) is 14.5 Å². The molecule has 2 amide bonds. The molecule has 0 saturated carbocycles. The van der Waals surface area contributed by atoms with E-state index >= 15 is 0 Å². The third kappa shape index (κ3) is 3.65. The van der Waals surface area contributed by atoms with Crippen molar-refractivity contribution in [3.05, 3.63) is 64.7 Å². The molecule has 9 heteroatoms. The second-order valence-corrected chi connectivity index (χ2v) is 7.71. The van der Waals surface area contributed by atoms with E-state index in [9.17, 15) is 9.59 Å². The molecule has 0 radical (unpaired) electrons. The molecule has 1 aliphatic rings. The highest BCUT2D eigenvalue weighted by atomic mass is 35.5. The van der Waals surface area contributed by atoms with Crippen molar-refractivity contribution in [3.8, 4) is 5.69 Å². The van der Waals surface area contributed by atoms with E-state index in [-0.39, 0.29) is 11.8 Å². The van der Waals surface area contributed by atoms with Crippen molar-refractivity contribution in [3.63, 3.8) is 0 Å². The molecule has 3 aromatic rings. The fourth-order valence-corrected chi connectivity index (χ4v) is 4.01. The van der Waals surface area contributed by atoms with Gasteiger partial charge in [-0.2, -0.15) is 4.68 Å². The van der Waals surface area contributed by atoms with E-state index in [1.807, 2.05) is 12.1 Å². The molecule has 28 heavy (non-hydrogen) atoms. The van der Waals surface area contributed by atoms with Crippen molar-refractivity contribution in [2.24, 2.45) is 0 Å². The first kappa shape index (κ1) is 18.6. The molecular weight excluding hydrogens is 398 g/mol. The smallest absolute Gasteiger partial charge is 0.261 e. The minimum absolute atomic E-state index is 0.208. The number of nitrogens with zero attached hydrogens (tertiary/aromatic N) is 5. The van der Waals surface area contributed by atoms with Gasteiger partial charge in [-0.05, 0) is 59.7 Å². The zero-order valence-electron chi connectivity index (χ0n) is 14.8. The Kier molecular flexibility index (Phi) is 5.40. The Hall–Kier alpha value is -2.71. The highest BCUT2D eigenvalue weighted by Crippen LogP contribution is 2.24. The van der Waals surface area contributed by atoms with Gasteiger partial charge in [-0.15, -0.1) is 5.10 Å².